The number of rotatable bonds is 2. The lowest BCUT2D eigenvalue weighted by molar-refractivity contribution is -0.190. The highest BCUT2D eigenvalue weighted by atomic mass is 19.1. The normalized spacial score (nSPS) is 50.5. The van der Waals surface area contributed by atoms with Gasteiger partial charge in [0.05, 0.1) is 0 Å². The van der Waals surface area contributed by atoms with Gasteiger partial charge in [-0.05, 0) is 56.4 Å². The molecule has 4 aliphatic carbocycles. The number of carbonyl (C=O) groups excluding carboxylic acids is 3. The minimum atomic E-state index is -1.76. The summed E-state index contributed by atoms with van der Waals surface area (Å²) in [6.07, 6.45) is 3.33. The first-order valence-electron chi connectivity index (χ1n) is 10.3. The molecular weight excluding hydrogens is 366 g/mol. The summed E-state index contributed by atoms with van der Waals surface area (Å²) in [5.41, 5.74) is -4.67. The molecule has 7 atom stereocenters. The van der Waals surface area contributed by atoms with Crippen LogP contribution in [-0.2, 0) is 14.4 Å². The molecule has 3 saturated carbocycles. The van der Waals surface area contributed by atoms with E-state index in [2.05, 4.69) is 0 Å². The van der Waals surface area contributed by atoms with Crippen LogP contribution in [0.1, 0.15) is 59.3 Å². The second-order valence-corrected chi connectivity index (χ2v) is 9.81. The number of hydrogen-bond acceptors (Lipinski definition) is 4. The summed E-state index contributed by atoms with van der Waals surface area (Å²) >= 11 is 0. The van der Waals surface area contributed by atoms with E-state index >= 15 is 4.39 Å². The fourth-order valence-corrected chi connectivity index (χ4v) is 7.30. The van der Waals surface area contributed by atoms with E-state index in [0.29, 0.717) is 24.8 Å². The lowest BCUT2D eigenvalue weighted by Gasteiger charge is -2.62. The standard InChI is InChI=1S/C22H28F2O4/c1-12-18(27)16(25)10-13-4-5-15-14-6-7-22(28,17(26)11-23)19(14,2)8-9-21(15,24)20(12,13)3/h10,12,14-15,28H,4-9,11H2,1-3H3/t12?,14-,15-,19-,20-,21+,22-/m0/s1. The Morgan fingerprint density at radius 2 is 1.86 bits per heavy atom. The third-order valence-electron chi connectivity index (χ3n) is 9.31. The van der Waals surface area contributed by atoms with E-state index in [1.54, 1.807) is 20.8 Å². The molecule has 0 aromatic rings. The minimum absolute atomic E-state index is 0.0895. The van der Waals surface area contributed by atoms with Crippen molar-refractivity contribution >= 4 is 17.3 Å². The Morgan fingerprint density at radius 1 is 1.18 bits per heavy atom. The molecule has 0 aromatic carbocycles. The van der Waals surface area contributed by atoms with Crippen LogP contribution in [0.25, 0.3) is 0 Å². The fraction of sp³-hybridized carbons (Fsp3) is 0.773. The Kier molecular flexibility index (Phi) is 4.12. The predicted molar refractivity (Wildman–Crippen MR) is 97.9 cm³/mol. The zero-order valence-electron chi connectivity index (χ0n) is 16.7. The maximum absolute atomic E-state index is 16.9. The lowest BCUT2D eigenvalue weighted by Crippen LogP contribution is -2.66. The van der Waals surface area contributed by atoms with Crippen molar-refractivity contribution in [3.05, 3.63) is 11.6 Å². The van der Waals surface area contributed by atoms with E-state index in [4.69, 9.17) is 0 Å². The molecule has 4 rings (SSSR count). The highest BCUT2D eigenvalue weighted by Gasteiger charge is 2.72. The molecule has 3 fully saturated rings. The monoisotopic (exact) mass is 394 g/mol. The number of Topliss-reactive ketones (excluding diaryl/α,β-unsaturated/α-hetero) is 2. The zero-order valence-corrected chi connectivity index (χ0v) is 16.7. The Balaban J connectivity index is 1.79. The highest BCUT2D eigenvalue weighted by molar-refractivity contribution is 6.43. The number of ketones is 3. The Hall–Kier alpha value is -1.43. The summed E-state index contributed by atoms with van der Waals surface area (Å²) in [5.74, 6) is -3.34. The molecule has 4 aliphatic rings. The molecule has 6 heteroatoms. The third-order valence-corrected chi connectivity index (χ3v) is 9.31. The largest absolute Gasteiger partial charge is 0.381 e. The summed E-state index contributed by atoms with van der Waals surface area (Å²) in [6, 6.07) is 0. The second kappa shape index (κ2) is 5.80. The molecule has 0 bridgehead atoms. The summed E-state index contributed by atoms with van der Waals surface area (Å²) in [4.78, 5) is 36.7. The number of hydrogen-bond donors (Lipinski definition) is 1. The first-order valence-corrected chi connectivity index (χ1v) is 10.3. The molecule has 0 aromatic heterocycles. The van der Waals surface area contributed by atoms with Gasteiger partial charge in [0, 0.05) is 16.7 Å². The van der Waals surface area contributed by atoms with Gasteiger partial charge in [0.15, 0.2) is 12.5 Å². The van der Waals surface area contributed by atoms with Crippen molar-refractivity contribution in [2.24, 2.45) is 28.6 Å². The number of fused-ring (bicyclic) bond motifs is 5. The van der Waals surface area contributed by atoms with Crippen molar-refractivity contribution in [3.8, 4) is 0 Å². The molecule has 1 N–H and O–H groups in total. The van der Waals surface area contributed by atoms with E-state index in [0.717, 1.165) is 0 Å². The average Bonchev–Trinajstić information content (AvgIpc) is 2.94. The van der Waals surface area contributed by atoms with Crippen LogP contribution >= 0.6 is 0 Å². The maximum Gasteiger partial charge on any atom is 0.221 e. The number of allylic oxidation sites excluding steroid dienone is 1. The first kappa shape index (κ1) is 19.9. The van der Waals surface area contributed by atoms with Gasteiger partial charge in [-0.2, -0.15) is 0 Å². The van der Waals surface area contributed by atoms with Gasteiger partial charge < -0.3 is 5.11 Å². The van der Waals surface area contributed by atoms with E-state index < -0.39 is 58.0 Å². The van der Waals surface area contributed by atoms with Crippen molar-refractivity contribution in [2.75, 3.05) is 6.67 Å². The average molecular weight is 394 g/mol. The third kappa shape index (κ3) is 2.00. The predicted octanol–water partition coefficient (Wildman–Crippen LogP) is 3.31. The van der Waals surface area contributed by atoms with Crippen molar-refractivity contribution in [1.29, 1.82) is 0 Å². The summed E-state index contributed by atoms with van der Waals surface area (Å²) in [5, 5.41) is 11.1. The van der Waals surface area contributed by atoms with Crippen molar-refractivity contribution in [3.63, 3.8) is 0 Å². The first-order chi connectivity index (χ1) is 13.0. The molecule has 0 saturated heterocycles. The topological polar surface area (TPSA) is 71.4 Å². The number of alkyl halides is 2. The number of aliphatic hydroxyl groups is 1. The maximum atomic E-state index is 16.9. The van der Waals surface area contributed by atoms with Crippen LogP contribution in [0.15, 0.2) is 11.6 Å². The molecule has 0 heterocycles. The molecule has 0 radical (unpaired) electrons. The van der Waals surface area contributed by atoms with Crippen LogP contribution in [0.2, 0.25) is 0 Å². The molecule has 0 spiro atoms. The van der Waals surface area contributed by atoms with Crippen molar-refractivity contribution < 1.29 is 28.3 Å². The highest BCUT2D eigenvalue weighted by Crippen LogP contribution is 2.70. The molecule has 0 aliphatic heterocycles. The summed E-state index contributed by atoms with van der Waals surface area (Å²) < 4.78 is 30.1. The molecule has 154 valence electrons. The quantitative estimate of drug-likeness (QED) is 0.730. The fourth-order valence-electron chi connectivity index (χ4n) is 7.30. The van der Waals surface area contributed by atoms with Gasteiger partial charge >= 0.3 is 0 Å². The lowest BCUT2D eigenvalue weighted by atomic mass is 9.43. The second-order valence-electron chi connectivity index (χ2n) is 9.81. The molecule has 4 nitrogen and oxygen atoms in total. The summed E-state index contributed by atoms with van der Waals surface area (Å²) in [6.45, 7) is 3.98. The number of halogens is 2. The molecular formula is C22H28F2O4. The van der Waals surface area contributed by atoms with E-state index in [1.165, 1.54) is 6.08 Å². The van der Waals surface area contributed by atoms with E-state index in [1.807, 2.05) is 0 Å². The Morgan fingerprint density at radius 3 is 2.50 bits per heavy atom. The SMILES string of the molecule is CC1C(=O)C(=O)C=C2CC[C@H]3[C@@H]4CC[C@](O)(C(=O)CF)[C@@]4(C)CC[C@]3(F)[C@]21C. The van der Waals surface area contributed by atoms with Crippen LogP contribution in [-0.4, -0.2) is 40.4 Å². The molecule has 28 heavy (non-hydrogen) atoms. The van der Waals surface area contributed by atoms with Gasteiger partial charge in [-0.15, -0.1) is 0 Å². The van der Waals surface area contributed by atoms with Crippen LogP contribution in [0.5, 0.6) is 0 Å². The van der Waals surface area contributed by atoms with E-state index in [9.17, 15) is 23.9 Å². The van der Waals surface area contributed by atoms with Crippen LogP contribution < -0.4 is 0 Å². The van der Waals surface area contributed by atoms with Gasteiger partial charge in [0.25, 0.3) is 0 Å². The van der Waals surface area contributed by atoms with Crippen molar-refractivity contribution in [1.82, 2.24) is 0 Å². The summed E-state index contributed by atoms with van der Waals surface area (Å²) in [7, 11) is 0. The van der Waals surface area contributed by atoms with Crippen LogP contribution in [0.4, 0.5) is 8.78 Å². The van der Waals surface area contributed by atoms with Gasteiger partial charge in [-0.3, -0.25) is 14.4 Å². The zero-order chi connectivity index (χ0) is 20.7. The van der Waals surface area contributed by atoms with Gasteiger partial charge in [0.2, 0.25) is 11.6 Å². The van der Waals surface area contributed by atoms with Crippen LogP contribution in [0, 0.1) is 28.6 Å². The Bertz CT molecular complexity index is 806. The molecule has 1 unspecified atom stereocenters. The minimum Gasteiger partial charge on any atom is -0.381 e. The van der Waals surface area contributed by atoms with E-state index in [-0.39, 0.29) is 25.2 Å². The van der Waals surface area contributed by atoms with Crippen LogP contribution in [0.3, 0.4) is 0 Å². The van der Waals surface area contributed by atoms with Gasteiger partial charge in [0.1, 0.15) is 11.3 Å². The van der Waals surface area contributed by atoms with Crippen molar-refractivity contribution in [2.45, 2.75) is 70.6 Å². The smallest absolute Gasteiger partial charge is 0.221 e. The number of carbonyl (C=O) groups is 3. The van der Waals surface area contributed by atoms with Gasteiger partial charge in [-0.1, -0.05) is 26.3 Å². The molecule has 0 amide bonds. The Labute approximate surface area is 163 Å². The van der Waals surface area contributed by atoms with Gasteiger partial charge in [-0.25, -0.2) is 8.78 Å².